The van der Waals surface area contributed by atoms with Gasteiger partial charge in [-0.3, -0.25) is 14.6 Å². The minimum Gasteiger partial charge on any atom is -0.379 e. The van der Waals surface area contributed by atoms with Gasteiger partial charge in [-0.15, -0.1) is 12.4 Å². The van der Waals surface area contributed by atoms with Crippen molar-refractivity contribution in [2.24, 2.45) is 0 Å². The van der Waals surface area contributed by atoms with Crippen molar-refractivity contribution >= 4 is 72.5 Å². The van der Waals surface area contributed by atoms with Crippen LogP contribution in [-0.4, -0.2) is 55.2 Å². The molecule has 1 fully saturated rings. The number of nitrogens with zero attached hydrogens (tertiary/aromatic N) is 3. The number of thiazole rings is 1. The van der Waals surface area contributed by atoms with Crippen molar-refractivity contribution in [3.8, 4) is 0 Å². The number of hydrogen-bond acceptors (Lipinski definition) is 5. The van der Waals surface area contributed by atoms with Gasteiger partial charge in [0, 0.05) is 35.7 Å². The first-order valence-electron chi connectivity index (χ1n) is 10.00. The third kappa shape index (κ3) is 6.40. The number of benzene rings is 2. The van der Waals surface area contributed by atoms with Crippen molar-refractivity contribution in [1.82, 2.24) is 9.88 Å². The molecule has 9 heteroatoms. The molecule has 2 aromatic carbocycles. The van der Waals surface area contributed by atoms with Crippen LogP contribution in [0.3, 0.4) is 0 Å². The van der Waals surface area contributed by atoms with Crippen molar-refractivity contribution < 1.29 is 9.53 Å². The van der Waals surface area contributed by atoms with Gasteiger partial charge in [0.15, 0.2) is 5.13 Å². The van der Waals surface area contributed by atoms with Crippen molar-refractivity contribution in [1.29, 1.82) is 0 Å². The number of fused-ring (bicyclic) bond motifs is 1. The summed E-state index contributed by atoms with van der Waals surface area (Å²) in [6.45, 7) is 5.02. The number of carbonyl (C=O) groups is 1. The Labute approximate surface area is 205 Å². The Hall–Kier alpha value is -1.22. The lowest BCUT2D eigenvalue weighted by Gasteiger charge is -2.27. The second-order valence-electron chi connectivity index (χ2n) is 7.23. The first-order valence-corrected chi connectivity index (χ1v) is 12.0. The van der Waals surface area contributed by atoms with Crippen LogP contribution in [0.15, 0.2) is 46.9 Å². The molecule has 0 spiro atoms. The van der Waals surface area contributed by atoms with E-state index in [1.807, 2.05) is 47.4 Å². The summed E-state index contributed by atoms with van der Waals surface area (Å²) in [5, 5.41) is 1.36. The highest BCUT2D eigenvalue weighted by Crippen LogP contribution is 2.31. The van der Waals surface area contributed by atoms with Gasteiger partial charge in [0.25, 0.3) is 0 Å². The maximum Gasteiger partial charge on any atom is 0.233 e. The zero-order valence-corrected chi connectivity index (χ0v) is 20.9. The lowest BCUT2D eigenvalue weighted by Crippen LogP contribution is -2.39. The summed E-state index contributed by atoms with van der Waals surface area (Å²) in [6.07, 6.45) is 1.14. The third-order valence-corrected chi connectivity index (χ3v) is 7.03. The molecule has 5 nitrogen and oxygen atoms in total. The summed E-state index contributed by atoms with van der Waals surface area (Å²) >= 11 is 11.4. The van der Waals surface area contributed by atoms with Crippen molar-refractivity contribution in [3.05, 3.63) is 57.5 Å². The number of morpholine rings is 1. The van der Waals surface area contributed by atoms with Gasteiger partial charge in [0.2, 0.25) is 5.91 Å². The monoisotopic (exact) mass is 543 g/mol. The normalized spacial score (nSPS) is 14.4. The Morgan fingerprint density at radius 3 is 2.77 bits per heavy atom. The standard InChI is InChI=1S/C22H23BrClN3O2S.ClH/c23-17-6-7-19-20(15-17)30-22(25-19)27(9-3-8-26-10-12-29-13-11-26)21(28)14-16-4-1-2-5-18(16)24;/h1-2,4-7,15H,3,8-14H2;1H. The van der Waals surface area contributed by atoms with Crippen LogP contribution in [0.4, 0.5) is 5.13 Å². The number of ether oxygens (including phenoxy) is 1. The maximum atomic E-state index is 13.3. The fourth-order valence-corrected chi connectivity index (χ4v) is 5.27. The highest BCUT2D eigenvalue weighted by atomic mass is 79.9. The fourth-order valence-electron chi connectivity index (χ4n) is 3.51. The van der Waals surface area contributed by atoms with Gasteiger partial charge in [0.1, 0.15) is 0 Å². The minimum atomic E-state index is 0. The summed E-state index contributed by atoms with van der Waals surface area (Å²) in [5.41, 5.74) is 1.74. The maximum absolute atomic E-state index is 13.3. The molecule has 166 valence electrons. The zero-order valence-electron chi connectivity index (χ0n) is 16.9. The molecule has 4 rings (SSSR count). The highest BCUT2D eigenvalue weighted by Gasteiger charge is 2.21. The number of aromatic nitrogens is 1. The second kappa shape index (κ2) is 11.6. The molecule has 0 N–H and O–H groups in total. The van der Waals surface area contributed by atoms with Crippen LogP contribution in [0.2, 0.25) is 5.02 Å². The summed E-state index contributed by atoms with van der Waals surface area (Å²) in [7, 11) is 0. The lowest BCUT2D eigenvalue weighted by atomic mass is 10.1. The smallest absolute Gasteiger partial charge is 0.233 e. The average Bonchev–Trinajstić information content (AvgIpc) is 3.16. The predicted molar refractivity (Wildman–Crippen MR) is 134 cm³/mol. The Balaban J connectivity index is 0.00000272. The molecule has 0 aliphatic carbocycles. The molecule has 1 aliphatic heterocycles. The lowest BCUT2D eigenvalue weighted by molar-refractivity contribution is -0.118. The van der Waals surface area contributed by atoms with Crippen molar-refractivity contribution in [2.45, 2.75) is 12.8 Å². The topological polar surface area (TPSA) is 45.7 Å². The Bertz CT molecular complexity index is 1030. The molecule has 1 aliphatic rings. The van der Waals surface area contributed by atoms with E-state index in [1.54, 1.807) is 11.3 Å². The molecule has 1 aromatic heterocycles. The fraction of sp³-hybridized carbons (Fsp3) is 0.364. The van der Waals surface area contributed by atoms with E-state index in [0.29, 0.717) is 11.6 Å². The molecule has 1 amide bonds. The summed E-state index contributed by atoms with van der Waals surface area (Å²) in [4.78, 5) is 22.2. The van der Waals surface area contributed by atoms with Gasteiger partial charge in [0.05, 0.1) is 29.9 Å². The van der Waals surface area contributed by atoms with Gasteiger partial charge in [-0.1, -0.05) is 57.1 Å². The van der Waals surface area contributed by atoms with Crippen LogP contribution in [0, 0.1) is 0 Å². The molecular weight excluding hydrogens is 521 g/mol. The number of halogens is 3. The third-order valence-electron chi connectivity index (χ3n) is 5.13. The number of carbonyl (C=O) groups excluding carboxylic acids is 1. The molecule has 0 atom stereocenters. The van der Waals surface area contributed by atoms with E-state index in [4.69, 9.17) is 21.3 Å². The Kier molecular flexibility index (Phi) is 9.13. The molecule has 2 heterocycles. The van der Waals surface area contributed by atoms with E-state index in [-0.39, 0.29) is 24.7 Å². The van der Waals surface area contributed by atoms with Gasteiger partial charge >= 0.3 is 0 Å². The Morgan fingerprint density at radius 2 is 2.00 bits per heavy atom. The summed E-state index contributed by atoms with van der Waals surface area (Å²) < 4.78 is 7.49. The molecule has 31 heavy (non-hydrogen) atoms. The molecule has 0 radical (unpaired) electrons. The second-order valence-corrected chi connectivity index (χ2v) is 9.56. The van der Waals surface area contributed by atoms with Gasteiger partial charge < -0.3 is 4.74 Å². The highest BCUT2D eigenvalue weighted by molar-refractivity contribution is 9.10. The SMILES string of the molecule is Cl.O=C(Cc1ccccc1Cl)N(CCCN1CCOCC1)c1nc2ccc(Br)cc2s1. The van der Waals surface area contributed by atoms with Crippen LogP contribution in [0.5, 0.6) is 0 Å². The quantitative estimate of drug-likeness (QED) is 0.398. The van der Waals surface area contributed by atoms with E-state index in [0.717, 1.165) is 64.7 Å². The molecule has 0 bridgehead atoms. The van der Waals surface area contributed by atoms with E-state index < -0.39 is 0 Å². The zero-order chi connectivity index (χ0) is 20.9. The minimum absolute atomic E-state index is 0. The van der Waals surface area contributed by atoms with Crippen molar-refractivity contribution in [2.75, 3.05) is 44.3 Å². The first-order chi connectivity index (χ1) is 14.6. The van der Waals surface area contributed by atoms with Crippen LogP contribution in [0.1, 0.15) is 12.0 Å². The van der Waals surface area contributed by atoms with Crippen LogP contribution in [0.25, 0.3) is 10.2 Å². The van der Waals surface area contributed by atoms with Crippen LogP contribution < -0.4 is 4.90 Å². The van der Waals surface area contributed by atoms with E-state index in [9.17, 15) is 4.79 Å². The largest absolute Gasteiger partial charge is 0.379 e. The van der Waals surface area contributed by atoms with Crippen LogP contribution >= 0.6 is 51.3 Å². The van der Waals surface area contributed by atoms with Gasteiger partial charge in [-0.25, -0.2) is 4.98 Å². The molecule has 0 saturated carbocycles. The van der Waals surface area contributed by atoms with E-state index in [2.05, 4.69) is 20.8 Å². The Morgan fingerprint density at radius 1 is 1.23 bits per heavy atom. The van der Waals surface area contributed by atoms with Gasteiger partial charge in [-0.05, 0) is 36.2 Å². The van der Waals surface area contributed by atoms with E-state index in [1.165, 1.54) is 0 Å². The molecular formula is C22H24BrCl2N3O2S. The average molecular weight is 545 g/mol. The number of hydrogen-bond donors (Lipinski definition) is 0. The summed E-state index contributed by atoms with van der Waals surface area (Å²) in [5.74, 6) is 0.0169. The number of anilines is 1. The van der Waals surface area contributed by atoms with Crippen molar-refractivity contribution in [3.63, 3.8) is 0 Å². The molecule has 0 unspecified atom stereocenters. The van der Waals surface area contributed by atoms with Crippen LogP contribution in [-0.2, 0) is 16.0 Å². The van der Waals surface area contributed by atoms with Gasteiger partial charge in [-0.2, -0.15) is 0 Å². The number of amides is 1. The summed E-state index contributed by atoms with van der Waals surface area (Å²) in [6, 6.07) is 13.5. The first kappa shape index (κ1) is 24.4. The van der Waals surface area contributed by atoms with E-state index >= 15 is 0 Å². The number of rotatable bonds is 7. The predicted octanol–water partition coefficient (Wildman–Crippen LogP) is 5.43. The molecule has 3 aromatic rings. The molecule has 1 saturated heterocycles.